The van der Waals surface area contributed by atoms with Crippen molar-refractivity contribution in [1.82, 2.24) is 4.98 Å². The number of fused-ring (bicyclic) bond motifs is 1. The van der Waals surface area contributed by atoms with Gasteiger partial charge in [-0.2, -0.15) is 13.2 Å². The van der Waals surface area contributed by atoms with E-state index in [-0.39, 0.29) is 22.8 Å². The zero-order valence-corrected chi connectivity index (χ0v) is 19.1. The summed E-state index contributed by atoms with van der Waals surface area (Å²) in [5.74, 6) is -0.388. The van der Waals surface area contributed by atoms with Crippen LogP contribution in [0.1, 0.15) is 44.6 Å². The first-order chi connectivity index (χ1) is 15.7. The van der Waals surface area contributed by atoms with Gasteiger partial charge in [-0.25, -0.2) is 9.18 Å². The smallest absolute Gasteiger partial charge is 0.359 e. The van der Waals surface area contributed by atoms with Crippen LogP contribution in [0.5, 0.6) is 0 Å². The van der Waals surface area contributed by atoms with E-state index in [0.717, 1.165) is 31.2 Å². The summed E-state index contributed by atoms with van der Waals surface area (Å²) >= 11 is 0.116. The highest BCUT2D eigenvalue weighted by molar-refractivity contribution is 8.00. The number of aryl methyl sites for hydroxylation is 1. The minimum atomic E-state index is -4.18. The van der Waals surface area contributed by atoms with Crippen LogP contribution in [-0.2, 0) is 6.42 Å². The number of urea groups is 1. The highest BCUT2D eigenvalue weighted by Gasteiger charge is 2.32. The summed E-state index contributed by atoms with van der Waals surface area (Å²) < 4.78 is 51.4. The molecular formula is C24H27F4N3OS. The Labute approximate surface area is 194 Å². The lowest BCUT2D eigenvalue weighted by atomic mass is 10.0. The van der Waals surface area contributed by atoms with Crippen LogP contribution in [-0.4, -0.2) is 21.8 Å². The van der Waals surface area contributed by atoms with Gasteiger partial charge in [-0.05, 0) is 73.3 Å². The van der Waals surface area contributed by atoms with E-state index >= 15 is 0 Å². The Morgan fingerprint density at radius 3 is 2.52 bits per heavy atom. The monoisotopic (exact) mass is 481 g/mol. The van der Waals surface area contributed by atoms with Crippen molar-refractivity contribution in [1.29, 1.82) is 0 Å². The van der Waals surface area contributed by atoms with Gasteiger partial charge in [0.25, 0.3) is 0 Å². The normalized spacial score (nSPS) is 12.6. The average Bonchev–Trinajstić information content (AvgIpc) is 3.13. The minimum Gasteiger partial charge on any atom is -0.359 e. The maximum Gasteiger partial charge on any atom is 0.442 e. The largest absolute Gasteiger partial charge is 0.442 e. The number of amides is 2. The number of hydrogen-bond donors (Lipinski definition) is 3. The quantitative estimate of drug-likeness (QED) is 0.202. The number of carbonyl (C=O) groups excluding carboxylic acids is 1. The molecule has 9 heteroatoms. The molecule has 0 aliphatic carbocycles. The number of halogens is 4. The average molecular weight is 482 g/mol. The van der Waals surface area contributed by atoms with E-state index in [9.17, 15) is 22.4 Å². The Bertz CT molecular complexity index is 1050. The predicted octanol–water partition coefficient (Wildman–Crippen LogP) is 8.09. The van der Waals surface area contributed by atoms with Crippen LogP contribution < -0.4 is 10.6 Å². The van der Waals surface area contributed by atoms with Crippen LogP contribution in [0.3, 0.4) is 0 Å². The summed E-state index contributed by atoms with van der Waals surface area (Å²) in [7, 11) is 0. The van der Waals surface area contributed by atoms with E-state index in [4.69, 9.17) is 0 Å². The summed E-state index contributed by atoms with van der Waals surface area (Å²) in [6, 6.07) is 11.2. The molecule has 0 saturated carbocycles. The van der Waals surface area contributed by atoms with Crippen molar-refractivity contribution < 1.29 is 22.4 Å². The van der Waals surface area contributed by atoms with Gasteiger partial charge in [0.2, 0.25) is 0 Å². The van der Waals surface area contributed by atoms with Gasteiger partial charge < -0.3 is 15.6 Å². The van der Waals surface area contributed by atoms with E-state index in [2.05, 4.69) is 15.6 Å². The highest BCUT2D eigenvalue weighted by Crippen LogP contribution is 2.37. The van der Waals surface area contributed by atoms with E-state index in [1.165, 1.54) is 12.1 Å². The van der Waals surface area contributed by atoms with Crippen molar-refractivity contribution in [2.24, 2.45) is 0 Å². The number of alkyl halides is 3. The molecule has 0 spiro atoms. The molecule has 2 aromatic carbocycles. The fourth-order valence-electron chi connectivity index (χ4n) is 3.71. The van der Waals surface area contributed by atoms with Crippen molar-refractivity contribution >= 4 is 40.1 Å². The molecule has 4 nitrogen and oxygen atoms in total. The Hall–Kier alpha value is -2.68. The third-order valence-electron chi connectivity index (χ3n) is 5.26. The molecule has 1 heterocycles. The number of carbonyl (C=O) groups is 1. The van der Waals surface area contributed by atoms with Crippen LogP contribution in [0.2, 0.25) is 0 Å². The predicted molar refractivity (Wildman–Crippen MR) is 127 cm³/mol. The number of nitrogens with one attached hydrogen (secondary N) is 3. The SMILES string of the molecule is CCCC(CCCCc1ccc(NC(=O)Nc2c[nH]c3ccc(F)cc23)cc1)SC(F)(F)F. The van der Waals surface area contributed by atoms with E-state index in [1.807, 2.05) is 19.1 Å². The molecule has 178 valence electrons. The summed E-state index contributed by atoms with van der Waals surface area (Å²) in [4.78, 5) is 15.3. The molecule has 1 atom stereocenters. The van der Waals surface area contributed by atoms with Crippen LogP contribution in [0.4, 0.5) is 33.7 Å². The third kappa shape index (κ3) is 7.99. The maximum atomic E-state index is 13.5. The molecule has 0 fully saturated rings. The number of anilines is 2. The molecular weight excluding hydrogens is 454 g/mol. The number of benzene rings is 2. The van der Waals surface area contributed by atoms with Gasteiger partial charge in [0.1, 0.15) is 5.82 Å². The van der Waals surface area contributed by atoms with Gasteiger partial charge in [0, 0.05) is 28.0 Å². The second-order valence-corrected chi connectivity index (χ2v) is 9.25. The Balaban J connectivity index is 1.45. The number of aromatic amines is 1. The van der Waals surface area contributed by atoms with Crippen molar-refractivity contribution in [3.05, 3.63) is 60.0 Å². The molecule has 0 aliphatic rings. The van der Waals surface area contributed by atoms with E-state index < -0.39 is 11.5 Å². The van der Waals surface area contributed by atoms with Crippen LogP contribution in [0.15, 0.2) is 48.7 Å². The molecule has 0 aliphatic heterocycles. The second-order valence-electron chi connectivity index (χ2n) is 7.89. The lowest BCUT2D eigenvalue weighted by Gasteiger charge is -2.17. The molecule has 0 saturated heterocycles. The maximum absolute atomic E-state index is 13.5. The molecule has 1 unspecified atom stereocenters. The van der Waals surface area contributed by atoms with Crippen LogP contribution in [0.25, 0.3) is 10.9 Å². The molecule has 33 heavy (non-hydrogen) atoms. The number of unbranched alkanes of at least 4 members (excludes halogenated alkanes) is 1. The highest BCUT2D eigenvalue weighted by atomic mass is 32.2. The van der Waals surface area contributed by atoms with Gasteiger partial charge in [-0.15, -0.1) is 0 Å². The number of H-pyrrole nitrogens is 1. The number of thioether (sulfide) groups is 1. The second kappa shape index (κ2) is 11.4. The fraction of sp³-hybridized carbons (Fsp3) is 0.375. The van der Waals surface area contributed by atoms with E-state index in [0.29, 0.717) is 35.1 Å². The molecule has 3 aromatic rings. The van der Waals surface area contributed by atoms with Crippen molar-refractivity contribution in [2.75, 3.05) is 10.6 Å². The summed E-state index contributed by atoms with van der Waals surface area (Å²) in [5, 5.41) is 5.64. The first-order valence-corrected chi connectivity index (χ1v) is 11.8. The Morgan fingerprint density at radius 1 is 1.06 bits per heavy atom. The van der Waals surface area contributed by atoms with E-state index in [1.54, 1.807) is 24.4 Å². The summed E-state index contributed by atoms with van der Waals surface area (Å²) in [6.45, 7) is 1.90. The molecule has 3 rings (SSSR count). The first kappa shape index (κ1) is 25.0. The Morgan fingerprint density at radius 2 is 1.82 bits per heavy atom. The zero-order valence-electron chi connectivity index (χ0n) is 18.3. The minimum absolute atomic E-state index is 0.116. The lowest BCUT2D eigenvalue weighted by Crippen LogP contribution is -2.19. The van der Waals surface area contributed by atoms with Gasteiger partial charge in [-0.1, -0.05) is 31.9 Å². The molecule has 2 amide bonds. The Kier molecular flexibility index (Phi) is 8.66. The topological polar surface area (TPSA) is 56.9 Å². The standard InChI is InChI=1S/C24H27F4N3OS/c1-2-5-19(33-24(26,27)28)7-4-3-6-16-8-11-18(12-9-16)30-23(32)31-22-15-29-21-13-10-17(25)14-20(21)22/h8-15,19,29H,2-7H2,1H3,(H2,30,31,32). The number of rotatable bonds is 10. The van der Waals surface area contributed by atoms with Crippen molar-refractivity contribution in [2.45, 2.75) is 56.2 Å². The van der Waals surface area contributed by atoms with Crippen molar-refractivity contribution in [3.8, 4) is 0 Å². The number of hydrogen-bond acceptors (Lipinski definition) is 2. The van der Waals surface area contributed by atoms with Gasteiger partial charge >= 0.3 is 11.5 Å². The lowest BCUT2D eigenvalue weighted by molar-refractivity contribution is -0.0335. The molecule has 0 radical (unpaired) electrons. The molecule has 0 bridgehead atoms. The summed E-state index contributed by atoms with van der Waals surface area (Å²) in [5.41, 5.74) is -1.33. The van der Waals surface area contributed by atoms with Gasteiger partial charge in [-0.3, -0.25) is 0 Å². The molecule has 1 aromatic heterocycles. The zero-order chi connectivity index (χ0) is 23.8. The number of aromatic nitrogens is 1. The first-order valence-electron chi connectivity index (χ1n) is 10.9. The fourth-order valence-corrected chi connectivity index (χ4v) is 4.73. The van der Waals surface area contributed by atoms with Gasteiger partial charge in [0.05, 0.1) is 5.69 Å². The third-order valence-corrected chi connectivity index (χ3v) is 6.33. The summed E-state index contributed by atoms with van der Waals surface area (Å²) in [6.07, 6.45) is 5.78. The van der Waals surface area contributed by atoms with Crippen molar-refractivity contribution in [3.63, 3.8) is 0 Å². The van der Waals surface area contributed by atoms with Crippen LogP contribution >= 0.6 is 11.8 Å². The van der Waals surface area contributed by atoms with Gasteiger partial charge in [0.15, 0.2) is 0 Å². The van der Waals surface area contributed by atoms with Crippen LogP contribution in [0, 0.1) is 5.82 Å². The molecule has 3 N–H and O–H groups in total.